The van der Waals surface area contributed by atoms with Crippen LogP contribution in [0, 0.1) is 0 Å². The Kier molecular flexibility index (Phi) is 3.50. The summed E-state index contributed by atoms with van der Waals surface area (Å²) in [6.45, 7) is 1.88. The summed E-state index contributed by atoms with van der Waals surface area (Å²) in [6, 6.07) is 0.0829. The molecule has 1 saturated heterocycles. The van der Waals surface area contributed by atoms with E-state index in [9.17, 15) is 8.42 Å². The zero-order valence-electron chi connectivity index (χ0n) is 10.1. The van der Waals surface area contributed by atoms with Crippen molar-refractivity contribution in [2.75, 3.05) is 27.2 Å². The van der Waals surface area contributed by atoms with Crippen molar-refractivity contribution >= 4 is 10.0 Å². The van der Waals surface area contributed by atoms with Gasteiger partial charge in [0.05, 0.1) is 12.5 Å². The lowest BCUT2D eigenvalue weighted by molar-refractivity contribution is 0.197. The molecule has 1 aliphatic heterocycles. The van der Waals surface area contributed by atoms with Crippen LogP contribution in [0.15, 0.2) is 17.6 Å². The molecule has 0 atom stereocenters. The Morgan fingerprint density at radius 1 is 1.47 bits per heavy atom. The maximum Gasteiger partial charge on any atom is 0.260 e. The Balaban J connectivity index is 2.12. The summed E-state index contributed by atoms with van der Waals surface area (Å²) in [5, 5.41) is 0.166. The summed E-state index contributed by atoms with van der Waals surface area (Å²) in [4.78, 5) is 8.63. The summed E-state index contributed by atoms with van der Waals surface area (Å²) in [6.07, 6.45) is 4.48. The Labute approximate surface area is 102 Å². The van der Waals surface area contributed by atoms with Crippen molar-refractivity contribution in [3.8, 4) is 0 Å². The summed E-state index contributed by atoms with van der Waals surface area (Å²) >= 11 is 0. The molecule has 0 aromatic carbocycles. The first kappa shape index (κ1) is 12.5. The number of hydrogen-bond acceptors (Lipinski definition) is 4. The van der Waals surface area contributed by atoms with Crippen LogP contribution in [-0.4, -0.2) is 60.8 Å². The highest BCUT2D eigenvalue weighted by Crippen LogP contribution is 2.20. The van der Waals surface area contributed by atoms with Crippen LogP contribution in [0.5, 0.6) is 0 Å². The smallest absolute Gasteiger partial charge is 0.260 e. The molecule has 0 bridgehead atoms. The second kappa shape index (κ2) is 4.75. The molecule has 1 aromatic heterocycles. The molecule has 0 saturated carbocycles. The van der Waals surface area contributed by atoms with Gasteiger partial charge in [0.15, 0.2) is 5.03 Å². The number of imidazole rings is 1. The number of nitrogens with one attached hydrogen (secondary N) is 1. The maximum atomic E-state index is 12.2. The van der Waals surface area contributed by atoms with E-state index in [1.54, 1.807) is 7.05 Å². The molecule has 0 unspecified atom stereocenters. The number of H-pyrrole nitrogens is 1. The topological polar surface area (TPSA) is 69.3 Å². The van der Waals surface area contributed by atoms with Gasteiger partial charge in [0, 0.05) is 13.1 Å². The van der Waals surface area contributed by atoms with Crippen LogP contribution in [-0.2, 0) is 10.0 Å². The minimum Gasteiger partial charge on any atom is -0.335 e. The lowest BCUT2D eigenvalue weighted by atomic mass is 10.1. The number of piperidine rings is 1. The molecule has 1 N–H and O–H groups in total. The Morgan fingerprint density at radius 2 is 2.12 bits per heavy atom. The zero-order chi connectivity index (χ0) is 12.5. The first-order valence-electron chi connectivity index (χ1n) is 5.67. The van der Waals surface area contributed by atoms with Gasteiger partial charge in [0.1, 0.15) is 0 Å². The molecule has 2 rings (SSSR count). The number of aromatic amines is 1. The van der Waals surface area contributed by atoms with Crippen LogP contribution in [0.3, 0.4) is 0 Å². The molecule has 7 heteroatoms. The van der Waals surface area contributed by atoms with Gasteiger partial charge in [-0.25, -0.2) is 13.4 Å². The van der Waals surface area contributed by atoms with Gasteiger partial charge in [0.25, 0.3) is 10.0 Å². The van der Waals surface area contributed by atoms with Crippen LogP contribution < -0.4 is 0 Å². The second-order valence-electron chi connectivity index (χ2n) is 4.47. The molecular formula is C10H18N4O2S. The number of likely N-dealkylation sites (tertiary alicyclic amines) is 1. The number of hydrogen-bond donors (Lipinski definition) is 1. The molecule has 96 valence electrons. The van der Waals surface area contributed by atoms with Crippen LogP contribution in [0.25, 0.3) is 0 Å². The number of sulfonamides is 1. The predicted molar refractivity (Wildman–Crippen MR) is 64.1 cm³/mol. The minimum absolute atomic E-state index is 0.0829. The van der Waals surface area contributed by atoms with Gasteiger partial charge in [-0.2, -0.15) is 4.31 Å². The van der Waals surface area contributed by atoms with E-state index in [0.29, 0.717) is 0 Å². The summed E-state index contributed by atoms with van der Waals surface area (Å²) < 4.78 is 25.9. The molecule has 17 heavy (non-hydrogen) atoms. The lowest BCUT2D eigenvalue weighted by Crippen LogP contribution is -2.44. The van der Waals surface area contributed by atoms with E-state index >= 15 is 0 Å². The standard InChI is InChI=1S/C10H18N4O2S/c1-13-5-3-9(4-6-13)14(2)17(15,16)10-7-11-8-12-10/h7-9H,3-6H2,1-2H3,(H,11,12). The first-order valence-corrected chi connectivity index (χ1v) is 7.11. The van der Waals surface area contributed by atoms with E-state index in [1.165, 1.54) is 16.8 Å². The van der Waals surface area contributed by atoms with Crippen molar-refractivity contribution in [3.05, 3.63) is 12.5 Å². The molecule has 0 aliphatic carbocycles. The van der Waals surface area contributed by atoms with Gasteiger partial charge in [-0.05, 0) is 33.0 Å². The number of rotatable bonds is 3. The summed E-state index contributed by atoms with van der Waals surface area (Å²) in [5.41, 5.74) is 0. The van der Waals surface area contributed by atoms with Crippen LogP contribution in [0.4, 0.5) is 0 Å². The van der Waals surface area contributed by atoms with Crippen molar-refractivity contribution < 1.29 is 8.42 Å². The Bertz CT molecular complexity index is 449. The number of aromatic nitrogens is 2. The second-order valence-corrected chi connectivity index (χ2v) is 6.44. The highest BCUT2D eigenvalue weighted by Gasteiger charge is 2.30. The van der Waals surface area contributed by atoms with Gasteiger partial charge in [-0.3, -0.25) is 0 Å². The van der Waals surface area contributed by atoms with Crippen molar-refractivity contribution in [1.82, 2.24) is 19.2 Å². The Hall–Kier alpha value is -0.920. The molecular weight excluding hydrogens is 240 g/mol. The first-order chi connectivity index (χ1) is 8.01. The van der Waals surface area contributed by atoms with Crippen LogP contribution in [0.1, 0.15) is 12.8 Å². The summed E-state index contributed by atoms with van der Waals surface area (Å²) in [5.74, 6) is 0. The van der Waals surface area contributed by atoms with E-state index < -0.39 is 10.0 Å². The van der Waals surface area contributed by atoms with Crippen molar-refractivity contribution in [1.29, 1.82) is 0 Å². The third-order valence-electron chi connectivity index (χ3n) is 3.33. The quantitative estimate of drug-likeness (QED) is 0.836. The van der Waals surface area contributed by atoms with Crippen LogP contribution in [0.2, 0.25) is 0 Å². The van der Waals surface area contributed by atoms with E-state index in [4.69, 9.17) is 0 Å². The van der Waals surface area contributed by atoms with Gasteiger partial charge in [0.2, 0.25) is 0 Å². The third kappa shape index (κ3) is 2.51. The molecule has 0 radical (unpaired) electrons. The summed E-state index contributed by atoms with van der Waals surface area (Å²) in [7, 11) is 0.284. The van der Waals surface area contributed by atoms with Crippen molar-refractivity contribution in [2.24, 2.45) is 0 Å². The molecule has 1 aromatic rings. The molecule has 6 nitrogen and oxygen atoms in total. The number of nitrogens with zero attached hydrogens (tertiary/aromatic N) is 3. The lowest BCUT2D eigenvalue weighted by Gasteiger charge is -2.34. The highest BCUT2D eigenvalue weighted by molar-refractivity contribution is 7.89. The fraction of sp³-hybridized carbons (Fsp3) is 0.700. The van der Waals surface area contributed by atoms with E-state index in [0.717, 1.165) is 25.9 Å². The normalized spacial score (nSPS) is 19.9. The third-order valence-corrected chi connectivity index (χ3v) is 5.17. The average molecular weight is 258 g/mol. The van der Waals surface area contributed by atoms with Gasteiger partial charge in [-0.1, -0.05) is 0 Å². The SMILES string of the molecule is CN1CCC(N(C)S(=O)(=O)c2cnc[nH]2)CC1. The molecule has 1 aliphatic rings. The molecule has 0 spiro atoms. The molecule has 2 heterocycles. The zero-order valence-corrected chi connectivity index (χ0v) is 10.9. The van der Waals surface area contributed by atoms with E-state index in [2.05, 4.69) is 21.9 Å². The van der Waals surface area contributed by atoms with E-state index in [1.807, 2.05) is 0 Å². The largest absolute Gasteiger partial charge is 0.335 e. The van der Waals surface area contributed by atoms with Gasteiger partial charge >= 0.3 is 0 Å². The Morgan fingerprint density at radius 3 is 2.65 bits per heavy atom. The van der Waals surface area contributed by atoms with Gasteiger partial charge < -0.3 is 9.88 Å². The highest BCUT2D eigenvalue weighted by atomic mass is 32.2. The van der Waals surface area contributed by atoms with Crippen LogP contribution >= 0.6 is 0 Å². The van der Waals surface area contributed by atoms with E-state index in [-0.39, 0.29) is 11.1 Å². The van der Waals surface area contributed by atoms with Crippen molar-refractivity contribution in [2.45, 2.75) is 23.9 Å². The molecule has 0 amide bonds. The fourth-order valence-electron chi connectivity index (χ4n) is 2.09. The maximum absolute atomic E-state index is 12.2. The predicted octanol–water partition coefficient (Wildman–Crippen LogP) is 0.124. The minimum atomic E-state index is -3.42. The van der Waals surface area contributed by atoms with Crippen molar-refractivity contribution in [3.63, 3.8) is 0 Å². The monoisotopic (exact) mass is 258 g/mol. The fourth-order valence-corrected chi connectivity index (χ4v) is 3.40. The average Bonchev–Trinajstić information content (AvgIpc) is 2.83. The van der Waals surface area contributed by atoms with Gasteiger partial charge in [-0.15, -0.1) is 0 Å². The molecule has 1 fully saturated rings.